The van der Waals surface area contributed by atoms with Crippen molar-refractivity contribution < 1.29 is 9.18 Å². The minimum absolute atomic E-state index is 0.0332. The highest BCUT2D eigenvalue weighted by Crippen LogP contribution is 2.43. The van der Waals surface area contributed by atoms with Crippen LogP contribution in [0.4, 0.5) is 10.1 Å². The van der Waals surface area contributed by atoms with E-state index in [1.54, 1.807) is 4.68 Å². The van der Waals surface area contributed by atoms with Crippen molar-refractivity contribution in [3.05, 3.63) is 76.6 Å². The van der Waals surface area contributed by atoms with Crippen LogP contribution < -0.4 is 5.32 Å². The van der Waals surface area contributed by atoms with E-state index >= 15 is 0 Å². The van der Waals surface area contributed by atoms with E-state index in [1.165, 1.54) is 35.4 Å². The Morgan fingerprint density at radius 1 is 1.19 bits per heavy atom. The Hall–Kier alpha value is -3.59. The molecule has 1 fully saturated rings. The molecule has 1 N–H and O–H groups in total. The molecule has 1 aliphatic rings. The van der Waals surface area contributed by atoms with E-state index in [2.05, 4.69) is 25.9 Å². The number of aryl methyl sites for hydroxylation is 1. The molecule has 2 heterocycles. The van der Waals surface area contributed by atoms with Crippen LogP contribution in [0.25, 0.3) is 11.4 Å². The number of hydrogen-bond donors (Lipinski definition) is 1. The van der Waals surface area contributed by atoms with Crippen molar-refractivity contribution in [1.82, 2.24) is 30.0 Å². The Morgan fingerprint density at radius 3 is 2.71 bits per heavy atom. The molecule has 0 bridgehead atoms. The molecule has 1 aliphatic carbocycles. The molecule has 156 valence electrons. The van der Waals surface area contributed by atoms with Gasteiger partial charge in [-0.05, 0) is 66.1 Å². The first-order chi connectivity index (χ1) is 15.0. The molecule has 0 aliphatic heterocycles. The molecule has 0 unspecified atom stereocenters. The summed E-state index contributed by atoms with van der Waals surface area (Å²) in [5.74, 6) is -0.768. The van der Waals surface area contributed by atoms with E-state index in [0.29, 0.717) is 16.3 Å². The zero-order chi connectivity index (χ0) is 21.5. The first-order valence-electron chi connectivity index (χ1n) is 9.70. The number of hydrogen-bond acceptors (Lipinski definition) is 5. The van der Waals surface area contributed by atoms with Gasteiger partial charge in [0.2, 0.25) is 0 Å². The topological polar surface area (TPSA) is 90.5 Å². The molecule has 0 radical (unpaired) electrons. The van der Waals surface area contributed by atoms with Crippen molar-refractivity contribution in [1.29, 1.82) is 0 Å². The summed E-state index contributed by atoms with van der Waals surface area (Å²) in [4.78, 5) is 13.1. The van der Waals surface area contributed by atoms with E-state index in [4.69, 9.17) is 11.6 Å². The molecule has 0 saturated heterocycles. The second kappa shape index (κ2) is 7.59. The van der Waals surface area contributed by atoms with Gasteiger partial charge in [-0.2, -0.15) is 5.10 Å². The normalized spacial score (nSPS) is 13.4. The minimum atomic E-state index is -0.559. The van der Waals surface area contributed by atoms with Crippen LogP contribution >= 0.6 is 11.6 Å². The van der Waals surface area contributed by atoms with Crippen molar-refractivity contribution in [2.75, 3.05) is 5.32 Å². The van der Waals surface area contributed by atoms with E-state index < -0.39 is 11.7 Å². The van der Waals surface area contributed by atoms with Gasteiger partial charge in [0.15, 0.2) is 0 Å². The highest BCUT2D eigenvalue weighted by atomic mass is 35.5. The lowest BCUT2D eigenvalue weighted by Gasteiger charge is -2.11. The van der Waals surface area contributed by atoms with E-state index in [-0.39, 0.29) is 11.6 Å². The van der Waals surface area contributed by atoms with Crippen LogP contribution in [0.2, 0.25) is 5.02 Å². The summed E-state index contributed by atoms with van der Waals surface area (Å²) < 4.78 is 17.5. The fourth-order valence-electron chi connectivity index (χ4n) is 3.42. The monoisotopic (exact) mass is 437 g/mol. The molecule has 2 aromatic heterocycles. The summed E-state index contributed by atoms with van der Waals surface area (Å²) in [5.41, 5.74) is 3.51. The van der Waals surface area contributed by atoms with Crippen LogP contribution in [0, 0.1) is 12.7 Å². The minimum Gasteiger partial charge on any atom is -0.319 e. The van der Waals surface area contributed by atoms with Crippen LogP contribution in [0.5, 0.6) is 0 Å². The van der Waals surface area contributed by atoms with E-state index in [9.17, 15) is 9.18 Å². The summed E-state index contributed by atoms with van der Waals surface area (Å²) >= 11 is 6.28. The van der Waals surface area contributed by atoms with Crippen LogP contribution in [0.1, 0.15) is 40.4 Å². The summed E-state index contributed by atoms with van der Waals surface area (Å²) in [6.07, 6.45) is 4.84. The fourth-order valence-corrected chi connectivity index (χ4v) is 3.60. The molecule has 0 atom stereocenters. The Balaban J connectivity index is 1.49. The van der Waals surface area contributed by atoms with Gasteiger partial charge in [-0.3, -0.25) is 4.79 Å². The van der Waals surface area contributed by atoms with Gasteiger partial charge in [0.1, 0.15) is 12.1 Å². The molecule has 1 amide bonds. The van der Waals surface area contributed by atoms with Gasteiger partial charge in [0.05, 0.1) is 34.5 Å². The number of carbonyl (C=O) groups excluding carboxylic acids is 1. The number of benzene rings is 2. The predicted octanol–water partition coefficient (Wildman–Crippen LogP) is 4.08. The first-order valence-corrected chi connectivity index (χ1v) is 10.1. The van der Waals surface area contributed by atoms with Gasteiger partial charge in [0.25, 0.3) is 5.91 Å². The Labute approximate surface area is 181 Å². The molecular weight excluding hydrogens is 421 g/mol. The van der Waals surface area contributed by atoms with E-state index in [1.807, 2.05) is 25.1 Å². The van der Waals surface area contributed by atoms with Gasteiger partial charge >= 0.3 is 0 Å². The second-order valence-electron chi connectivity index (χ2n) is 7.44. The van der Waals surface area contributed by atoms with Gasteiger partial charge < -0.3 is 5.32 Å². The van der Waals surface area contributed by atoms with Gasteiger partial charge in [-0.1, -0.05) is 17.7 Å². The van der Waals surface area contributed by atoms with Crippen molar-refractivity contribution in [3.8, 4) is 11.4 Å². The van der Waals surface area contributed by atoms with E-state index in [0.717, 1.165) is 29.8 Å². The number of carbonyl (C=O) groups is 1. The first kappa shape index (κ1) is 19.4. The molecule has 10 heteroatoms. The summed E-state index contributed by atoms with van der Waals surface area (Å²) in [5, 5.41) is 18.7. The average molecular weight is 438 g/mol. The third-order valence-corrected chi connectivity index (χ3v) is 5.63. The van der Waals surface area contributed by atoms with Gasteiger partial charge in [-0.25, -0.2) is 13.8 Å². The molecular formula is C21H17ClFN7O. The lowest BCUT2D eigenvalue weighted by molar-refractivity contribution is 0.102. The highest BCUT2D eigenvalue weighted by Gasteiger charge is 2.33. The smallest absolute Gasteiger partial charge is 0.259 e. The maximum absolute atomic E-state index is 14.4. The number of aromatic nitrogens is 6. The zero-order valence-electron chi connectivity index (χ0n) is 16.5. The molecule has 5 rings (SSSR count). The number of halogens is 2. The maximum Gasteiger partial charge on any atom is 0.259 e. The van der Waals surface area contributed by atoms with Gasteiger partial charge in [0, 0.05) is 10.9 Å². The number of rotatable bonds is 5. The predicted molar refractivity (Wildman–Crippen MR) is 112 cm³/mol. The lowest BCUT2D eigenvalue weighted by Crippen LogP contribution is -2.15. The lowest BCUT2D eigenvalue weighted by atomic mass is 10.1. The fraction of sp³-hybridized carbons (Fsp3) is 0.190. The number of anilines is 1. The van der Waals surface area contributed by atoms with Crippen molar-refractivity contribution in [2.24, 2.45) is 0 Å². The van der Waals surface area contributed by atoms with Crippen molar-refractivity contribution in [2.45, 2.75) is 25.7 Å². The van der Waals surface area contributed by atoms with Crippen LogP contribution in [-0.2, 0) is 0 Å². The summed E-state index contributed by atoms with van der Waals surface area (Å²) in [6, 6.07) is 9.91. The Morgan fingerprint density at radius 2 is 2.00 bits per heavy atom. The van der Waals surface area contributed by atoms with Crippen molar-refractivity contribution in [3.63, 3.8) is 0 Å². The number of nitrogens with zero attached hydrogens (tertiary/aromatic N) is 6. The molecule has 2 aromatic carbocycles. The third kappa shape index (κ3) is 3.68. The summed E-state index contributed by atoms with van der Waals surface area (Å²) in [7, 11) is 0. The van der Waals surface area contributed by atoms with Gasteiger partial charge in [-0.15, -0.1) is 5.10 Å². The number of tetrazole rings is 1. The Bertz CT molecular complexity index is 1280. The number of nitrogens with one attached hydrogen (secondary N) is 1. The standard InChI is InChI=1S/C21H17ClFN7O/c1-12-2-5-15(8-17(12)22)30-20(13-3-4-13)16(10-25-30)21(31)26-19-9-14(6-7-18(19)23)29-11-24-27-28-29/h2,5-11,13H,3-4H2,1H3,(H,26,31). The van der Waals surface area contributed by atoms with Crippen molar-refractivity contribution >= 4 is 23.2 Å². The molecule has 31 heavy (non-hydrogen) atoms. The van der Waals surface area contributed by atoms with Crippen LogP contribution in [0.3, 0.4) is 0 Å². The summed E-state index contributed by atoms with van der Waals surface area (Å²) in [6.45, 7) is 1.92. The average Bonchev–Trinajstić information content (AvgIpc) is 3.26. The highest BCUT2D eigenvalue weighted by molar-refractivity contribution is 6.31. The third-order valence-electron chi connectivity index (χ3n) is 5.23. The Kier molecular flexibility index (Phi) is 4.74. The molecule has 4 aromatic rings. The number of amides is 1. The molecule has 0 spiro atoms. The molecule has 1 saturated carbocycles. The largest absolute Gasteiger partial charge is 0.319 e. The maximum atomic E-state index is 14.4. The van der Waals surface area contributed by atoms with Crippen LogP contribution in [0.15, 0.2) is 48.9 Å². The quantitative estimate of drug-likeness (QED) is 0.508. The second-order valence-corrected chi connectivity index (χ2v) is 7.84. The SMILES string of the molecule is Cc1ccc(-n2ncc(C(=O)Nc3cc(-n4cnnn4)ccc3F)c2C2CC2)cc1Cl. The zero-order valence-corrected chi connectivity index (χ0v) is 17.2. The molecule has 8 nitrogen and oxygen atoms in total. The van der Waals surface area contributed by atoms with Crippen LogP contribution in [-0.4, -0.2) is 35.9 Å².